The molecule has 0 aliphatic carbocycles. The van der Waals surface area contributed by atoms with Gasteiger partial charge in [0.1, 0.15) is 5.75 Å². The number of phenols is 1. The van der Waals surface area contributed by atoms with Gasteiger partial charge in [0.05, 0.1) is 0 Å². The van der Waals surface area contributed by atoms with Crippen LogP contribution in [0.25, 0.3) is 10.8 Å². The van der Waals surface area contributed by atoms with Crippen molar-refractivity contribution >= 4 is 22.5 Å². The van der Waals surface area contributed by atoms with Crippen LogP contribution < -0.4 is 5.32 Å². The SMILES string of the molecule is CC(NC1CCSCC1)c1ccc2ccccc2c1O. The Kier molecular flexibility index (Phi) is 4.18. The Labute approximate surface area is 124 Å². The summed E-state index contributed by atoms with van der Waals surface area (Å²) in [5.41, 5.74) is 1.00. The molecule has 1 saturated heterocycles. The molecule has 0 bridgehead atoms. The van der Waals surface area contributed by atoms with Crippen molar-refractivity contribution in [2.75, 3.05) is 11.5 Å². The Morgan fingerprint density at radius 2 is 1.90 bits per heavy atom. The van der Waals surface area contributed by atoms with Crippen LogP contribution >= 0.6 is 11.8 Å². The third kappa shape index (κ3) is 2.79. The van der Waals surface area contributed by atoms with Crippen molar-refractivity contribution in [3.63, 3.8) is 0 Å². The second-order valence-electron chi connectivity index (χ2n) is 5.50. The molecular weight excluding hydrogens is 266 g/mol. The Morgan fingerprint density at radius 3 is 2.70 bits per heavy atom. The van der Waals surface area contributed by atoms with Gasteiger partial charge < -0.3 is 10.4 Å². The van der Waals surface area contributed by atoms with Crippen molar-refractivity contribution in [3.05, 3.63) is 42.0 Å². The van der Waals surface area contributed by atoms with Gasteiger partial charge in [0.15, 0.2) is 0 Å². The smallest absolute Gasteiger partial charge is 0.128 e. The summed E-state index contributed by atoms with van der Waals surface area (Å²) < 4.78 is 0. The van der Waals surface area contributed by atoms with Gasteiger partial charge in [-0.05, 0) is 36.7 Å². The van der Waals surface area contributed by atoms with E-state index in [1.54, 1.807) is 0 Å². The average Bonchev–Trinajstić information content (AvgIpc) is 2.49. The first kappa shape index (κ1) is 13.8. The summed E-state index contributed by atoms with van der Waals surface area (Å²) in [6, 6.07) is 12.9. The Balaban J connectivity index is 1.83. The van der Waals surface area contributed by atoms with E-state index >= 15 is 0 Å². The summed E-state index contributed by atoms with van der Waals surface area (Å²) in [6.45, 7) is 2.14. The molecule has 1 unspecified atom stereocenters. The molecule has 106 valence electrons. The van der Waals surface area contributed by atoms with Gasteiger partial charge >= 0.3 is 0 Å². The van der Waals surface area contributed by atoms with E-state index in [1.807, 2.05) is 42.1 Å². The summed E-state index contributed by atoms with van der Waals surface area (Å²) in [5, 5.41) is 16.2. The molecule has 0 radical (unpaired) electrons. The molecule has 3 rings (SSSR count). The van der Waals surface area contributed by atoms with Crippen molar-refractivity contribution < 1.29 is 5.11 Å². The topological polar surface area (TPSA) is 32.3 Å². The molecule has 1 fully saturated rings. The quantitative estimate of drug-likeness (QED) is 0.891. The Bertz CT molecular complexity index is 593. The minimum atomic E-state index is 0.188. The number of phenolic OH excluding ortho intramolecular Hbond substituents is 1. The molecule has 3 heteroatoms. The zero-order chi connectivity index (χ0) is 13.9. The lowest BCUT2D eigenvalue weighted by Gasteiger charge is -2.27. The molecule has 0 spiro atoms. The van der Waals surface area contributed by atoms with E-state index in [0.717, 1.165) is 16.3 Å². The summed E-state index contributed by atoms with van der Waals surface area (Å²) >= 11 is 2.04. The van der Waals surface area contributed by atoms with E-state index in [0.29, 0.717) is 11.8 Å². The molecule has 2 aromatic carbocycles. The van der Waals surface area contributed by atoms with Gasteiger partial charge in [0, 0.05) is 23.0 Å². The number of fused-ring (bicyclic) bond motifs is 1. The molecular formula is C17H21NOS. The molecule has 1 heterocycles. The van der Waals surface area contributed by atoms with Crippen LogP contribution in [0.1, 0.15) is 31.4 Å². The molecule has 0 saturated carbocycles. The minimum Gasteiger partial charge on any atom is -0.507 e. The van der Waals surface area contributed by atoms with Gasteiger partial charge in [-0.25, -0.2) is 0 Å². The van der Waals surface area contributed by atoms with Crippen LogP contribution in [0.4, 0.5) is 0 Å². The molecule has 0 amide bonds. The van der Waals surface area contributed by atoms with E-state index < -0.39 is 0 Å². The van der Waals surface area contributed by atoms with Crippen LogP contribution in [0.15, 0.2) is 36.4 Å². The van der Waals surface area contributed by atoms with Crippen LogP contribution in [0.5, 0.6) is 5.75 Å². The Hall–Kier alpha value is -1.19. The summed E-state index contributed by atoms with van der Waals surface area (Å²) in [6.07, 6.45) is 2.45. The lowest BCUT2D eigenvalue weighted by molar-refractivity contribution is 0.412. The minimum absolute atomic E-state index is 0.188. The largest absolute Gasteiger partial charge is 0.507 e. The first-order chi connectivity index (χ1) is 9.75. The Morgan fingerprint density at radius 1 is 1.15 bits per heavy atom. The second-order valence-corrected chi connectivity index (χ2v) is 6.72. The van der Waals surface area contributed by atoms with Crippen LogP contribution in [-0.2, 0) is 0 Å². The molecule has 0 aromatic heterocycles. The highest BCUT2D eigenvalue weighted by Crippen LogP contribution is 2.33. The molecule has 2 N–H and O–H groups in total. The predicted molar refractivity (Wildman–Crippen MR) is 87.5 cm³/mol. The van der Waals surface area contributed by atoms with Crippen LogP contribution in [0.2, 0.25) is 0 Å². The van der Waals surface area contributed by atoms with Gasteiger partial charge in [0.25, 0.3) is 0 Å². The predicted octanol–water partition coefficient (Wildman–Crippen LogP) is 4.09. The van der Waals surface area contributed by atoms with Crippen LogP contribution in [0, 0.1) is 0 Å². The third-order valence-corrected chi connectivity index (χ3v) is 5.15. The van der Waals surface area contributed by atoms with Crippen molar-refractivity contribution in [2.24, 2.45) is 0 Å². The number of benzene rings is 2. The summed E-state index contributed by atoms with van der Waals surface area (Å²) in [5.74, 6) is 2.91. The van der Waals surface area contributed by atoms with Crippen molar-refractivity contribution in [1.29, 1.82) is 0 Å². The number of nitrogens with one attached hydrogen (secondary N) is 1. The molecule has 1 aliphatic heterocycles. The highest BCUT2D eigenvalue weighted by Gasteiger charge is 2.19. The molecule has 2 aromatic rings. The van der Waals surface area contributed by atoms with E-state index in [4.69, 9.17) is 0 Å². The molecule has 1 aliphatic rings. The standard InChI is InChI=1S/C17H21NOS/c1-12(18-14-8-10-20-11-9-14)15-7-6-13-4-2-3-5-16(13)17(15)19/h2-7,12,14,18-19H,8-11H2,1H3. The van der Waals surface area contributed by atoms with Crippen molar-refractivity contribution in [2.45, 2.75) is 31.8 Å². The van der Waals surface area contributed by atoms with Crippen molar-refractivity contribution in [3.8, 4) is 5.75 Å². The first-order valence-electron chi connectivity index (χ1n) is 7.30. The monoisotopic (exact) mass is 287 g/mol. The second kappa shape index (κ2) is 6.06. The van der Waals surface area contributed by atoms with E-state index in [1.165, 1.54) is 24.3 Å². The number of hydrogen-bond acceptors (Lipinski definition) is 3. The lowest BCUT2D eigenvalue weighted by Crippen LogP contribution is -2.34. The van der Waals surface area contributed by atoms with Gasteiger partial charge in [-0.15, -0.1) is 0 Å². The highest BCUT2D eigenvalue weighted by atomic mass is 32.2. The molecule has 20 heavy (non-hydrogen) atoms. The fourth-order valence-corrected chi connectivity index (χ4v) is 4.04. The highest BCUT2D eigenvalue weighted by molar-refractivity contribution is 7.99. The third-order valence-electron chi connectivity index (χ3n) is 4.11. The zero-order valence-electron chi connectivity index (χ0n) is 11.8. The van der Waals surface area contributed by atoms with Gasteiger partial charge in [0.2, 0.25) is 0 Å². The van der Waals surface area contributed by atoms with Gasteiger partial charge in [-0.1, -0.05) is 36.4 Å². The van der Waals surface area contributed by atoms with E-state index in [9.17, 15) is 5.11 Å². The number of aromatic hydroxyl groups is 1. The van der Waals surface area contributed by atoms with Gasteiger partial charge in [-0.3, -0.25) is 0 Å². The number of rotatable bonds is 3. The number of thioether (sulfide) groups is 1. The average molecular weight is 287 g/mol. The zero-order valence-corrected chi connectivity index (χ0v) is 12.6. The summed E-state index contributed by atoms with van der Waals surface area (Å²) in [7, 11) is 0. The van der Waals surface area contributed by atoms with Crippen LogP contribution in [-0.4, -0.2) is 22.7 Å². The first-order valence-corrected chi connectivity index (χ1v) is 8.45. The van der Waals surface area contributed by atoms with E-state index in [2.05, 4.69) is 18.3 Å². The van der Waals surface area contributed by atoms with E-state index in [-0.39, 0.29) is 6.04 Å². The lowest BCUT2D eigenvalue weighted by atomic mass is 10.00. The molecule has 2 nitrogen and oxygen atoms in total. The maximum atomic E-state index is 10.5. The normalized spacial score (nSPS) is 18.2. The maximum absolute atomic E-state index is 10.5. The fourth-order valence-electron chi connectivity index (χ4n) is 2.93. The fraction of sp³-hybridized carbons (Fsp3) is 0.412. The van der Waals surface area contributed by atoms with Gasteiger partial charge in [-0.2, -0.15) is 11.8 Å². The maximum Gasteiger partial charge on any atom is 0.128 e. The van der Waals surface area contributed by atoms with Crippen LogP contribution in [0.3, 0.4) is 0 Å². The van der Waals surface area contributed by atoms with Crippen molar-refractivity contribution in [1.82, 2.24) is 5.32 Å². The molecule has 1 atom stereocenters. The summed E-state index contributed by atoms with van der Waals surface area (Å²) in [4.78, 5) is 0. The number of hydrogen-bond donors (Lipinski definition) is 2.